The van der Waals surface area contributed by atoms with Gasteiger partial charge in [0.05, 0.1) is 6.10 Å². The summed E-state index contributed by atoms with van der Waals surface area (Å²) in [6.45, 7) is 0.606. The highest BCUT2D eigenvalue weighted by Crippen LogP contribution is 2.25. The summed E-state index contributed by atoms with van der Waals surface area (Å²) in [5.41, 5.74) is 1.74. The lowest BCUT2D eigenvalue weighted by Gasteiger charge is -2.25. The lowest BCUT2D eigenvalue weighted by molar-refractivity contribution is 0.101. The van der Waals surface area contributed by atoms with Gasteiger partial charge in [0.1, 0.15) is 5.01 Å². The summed E-state index contributed by atoms with van der Waals surface area (Å²) in [6.07, 6.45) is 5.31. The van der Waals surface area contributed by atoms with E-state index in [1.165, 1.54) is 0 Å². The topological polar surface area (TPSA) is 74.2 Å². The van der Waals surface area contributed by atoms with Crippen molar-refractivity contribution in [3.05, 3.63) is 35.8 Å². The number of aliphatic hydroxyl groups excluding tert-OH is 1. The summed E-state index contributed by atoms with van der Waals surface area (Å²) < 4.78 is 0. The fourth-order valence-corrected chi connectivity index (χ4v) is 3.59. The van der Waals surface area contributed by atoms with Crippen molar-refractivity contribution in [1.29, 1.82) is 0 Å². The molecule has 1 aliphatic rings. The molecule has 2 aromatic rings. The number of aliphatic hydroxyl groups is 1. The van der Waals surface area contributed by atoms with Crippen LogP contribution >= 0.6 is 11.3 Å². The van der Waals surface area contributed by atoms with Crippen LogP contribution in [-0.2, 0) is 0 Å². The van der Waals surface area contributed by atoms with Gasteiger partial charge < -0.3 is 15.7 Å². The van der Waals surface area contributed by atoms with Crippen molar-refractivity contribution in [2.45, 2.75) is 31.8 Å². The molecule has 5 nitrogen and oxygen atoms in total. The maximum absolute atomic E-state index is 12.0. The Morgan fingerprint density at radius 2 is 2.30 bits per heavy atom. The van der Waals surface area contributed by atoms with E-state index in [0.29, 0.717) is 12.5 Å². The van der Waals surface area contributed by atoms with E-state index in [9.17, 15) is 9.90 Å². The van der Waals surface area contributed by atoms with Gasteiger partial charge in [-0.2, -0.15) is 0 Å². The Morgan fingerprint density at radius 3 is 3.09 bits per heavy atom. The van der Waals surface area contributed by atoms with Crippen molar-refractivity contribution in [3.63, 3.8) is 0 Å². The first-order valence-corrected chi connectivity index (χ1v) is 8.81. The predicted octanol–water partition coefficient (Wildman–Crippen LogP) is 3.48. The molecule has 1 aromatic carbocycles. The van der Waals surface area contributed by atoms with Crippen LogP contribution in [0.5, 0.6) is 0 Å². The first-order valence-electron chi connectivity index (χ1n) is 7.93. The van der Waals surface area contributed by atoms with Crippen molar-refractivity contribution in [3.8, 4) is 10.6 Å². The van der Waals surface area contributed by atoms with E-state index >= 15 is 0 Å². The smallest absolute Gasteiger partial charge is 0.319 e. The van der Waals surface area contributed by atoms with Gasteiger partial charge >= 0.3 is 6.03 Å². The molecule has 23 heavy (non-hydrogen) atoms. The van der Waals surface area contributed by atoms with Crippen molar-refractivity contribution < 1.29 is 9.90 Å². The van der Waals surface area contributed by atoms with Crippen LogP contribution in [-0.4, -0.2) is 28.8 Å². The van der Waals surface area contributed by atoms with E-state index in [-0.39, 0.29) is 12.1 Å². The van der Waals surface area contributed by atoms with Gasteiger partial charge in [0.2, 0.25) is 0 Å². The molecule has 0 bridgehead atoms. The number of rotatable bonds is 4. The third-order valence-corrected chi connectivity index (χ3v) is 4.93. The van der Waals surface area contributed by atoms with Crippen LogP contribution in [0.2, 0.25) is 0 Å². The molecule has 2 unspecified atom stereocenters. The van der Waals surface area contributed by atoms with Crippen molar-refractivity contribution in [2.24, 2.45) is 5.92 Å². The van der Waals surface area contributed by atoms with Crippen LogP contribution in [0, 0.1) is 5.92 Å². The average Bonchev–Trinajstić information content (AvgIpc) is 3.08. The molecular weight excluding hydrogens is 310 g/mol. The van der Waals surface area contributed by atoms with Crippen molar-refractivity contribution in [2.75, 3.05) is 11.9 Å². The molecule has 2 atom stereocenters. The Kier molecular flexibility index (Phi) is 5.25. The summed E-state index contributed by atoms with van der Waals surface area (Å²) in [5, 5.41) is 18.3. The highest BCUT2D eigenvalue weighted by atomic mass is 32.1. The van der Waals surface area contributed by atoms with Gasteiger partial charge in [-0.1, -0.05) is 18.6 Å². The molecule has 1 heterocycles. The Labute approximate surface area is 139 Å². The molecule has 1 fully saturated rings. The highest BCUT2D eigenvalue weighted by Gasteiger charge is 2.20. The van der Waals surface area contributed by atoms with Crippen LogP contribution in [0.4, 0.5) is 10.5 Å². The van der Waals surface area contributed by atoms with E-state index in [1.54, 1.807) is 17.5 Å². The maximum atomic E-state index is 12.0. The minimum absolute atomic E-state index is 0.207. The van der Waals surface area contributed by atoms with Crippen LogP contribution in [0.25, 0.3) is 10.6 Å². The number of aromatic nitrogens is 1. The number of thiazole rings is 1. The van der Waals surface area contributed by atoms with Gasteiger partial charge in [0, 0.05) is 29.4 Å². The molecule has 0 aliphatic heterocycles. The second-order valence-corrected chi connectivity index (χ2v) is 6.83. The van der Waals surface area contributed by atoms with Crippen LogP contribution in [0.15, 0.2) is 35.8 Å². The predicted molar refractivity (Wildman–Crippen MR) is 92.5 cm³/mol. The third-order valence-electron chi connectivity index (χ3n) is 4.11. The first kappa shape index (κ1) is 16.0. The number of benzene rings is 1. The Bertz CT molecular complexity index is 645. The molecule has 0 spiro atoms. The van der Waals surface area contributed by atoms with E-state index < -0.39 is 0 Å². The summed E-state index contributed by atoms with van der Waals surface area (Å²) in [4.78, 5) is 16.3. The molecule has 122 valence electrons. The van der Waals surface area contributed by atoms with Gasteiger partial charge in [-0.3, -0.25) is 0 Å². The molecular formula is C17H21N3O2S. The van der Waals surface area contributed by atoms with E-state index in [2.05, 4.69) is 15.6 Å². The lowest BCUT2D eigenvalue weighted by atomic mass is 9.87. The summed E-state index contributed by atoms with van der Waals surface area (Å²) >= 11 is 1.57. The molecule has 1 aliphatic carbocycles. The quantitative estimate of drug-likeness (QED) is 0.803. The fourth-order valence-electron chi connectivity index (χ4n) is 2.96. The Hall–Kier alpha value is -1.92. The molecule has 0 saturated heterocycles. The molecule has 6 heteroatoms. The number of urea groups is 1. The molecule has 1 aromatic heterocycles. The van der Waals surface area contributed by atoms with Gasteiger partial charge in [0.15, 0.2) is 0 Å². The molecule has 3 N–H and O–H groups in total. The number of amides is 2. The summed E-state index contributed by atoms with van der Waals surface area (Å²) in [5.74, 6) is 0.367. The van der Waals surface area contributed by atoms with Crippen LogP contribution in [0.3, 0.4) is 0 Å². The monoisotopic (exact) mass is 331 g/mol. The van der Waals surface area contributed by atoms with Gasteiger partial charge in [-0.05, 0) is 37.3 Å². The minimum Gasteiger partial charge on any atom is -0.393 e. The number of hydrogen-bond acceptors (Lipinski definition) is 4. The fraction of sp³-hybridized carbons (Fsp3) is 0.412. The van der Waals surface area contributed by atoms with Gasteiger partial charge in [-0.25, -0.2) is 9.78 Å². The molecule has 1 saturated carbocycles. The first-order chi connectivity index (χ1) is 11.2. The number of carbonyl (C=O) groups excluding carboxylic acids is 1. The van der Waals surface area contributed by atoms with E-state index in [0.717, 1.165) is 41.9 Å². The van der Waals surface area contributed by atoms with Gasteiger partial charge in [0.25, 0.3) is 0 Å². The standard InChI is InChI=1S/C17H21N3O2S/c21-15-6-1-3-12(9-15)11-19-17(22)20-14-5-2-4-13(10-14)16-18-7-8-23-16/h2,4-5,7-8,10,12,15,21H,1,3,6,9,11H2,(H2,19,20,22). The van der Waals surface area contributed by atoms with Crippen LogP contribution in [0.1, 0.15) is 25.7 Å². The number of nitrogens with one attached hydrogen (secondary N) is 2. The SMILES string of the molecule is O=C(NCC1CCCC(O)C1)Nc1cccc(-c2nccs2)c1. The molecule has 0 radical (unpaired) electrons. The van der Waals surface area contributed by atoms with E-state index in [4.69, 9.17) is 0 Å². The molecule has 3 rings (SSSR count). The number of carbonyl (C=O) groups is 1. The number of anilines is 1. The minimum atomic E-state index is -0.214. The average molecular weight is 331 g/mol. The zero-order valence-electron chi connectivity index (χ0n) is 12.9. The zero-order valence-corrected chi connectivity index (χ0v) is 13.7. The highest BCUT2D eigenvalue weighted by molar-refractivity contribution is 7.13. The van der Waals surface area contributed by atoms with Crippen molar-refractivity contribution in [1.82, 2.24) is 10.3 Å². The van der Waals surface area contributed by atoms with Crippen molar-refractivity contribution >= 4 is 23.1 Å². The zero-order chi connectivity index (χ0) is 16.1. The lowest BCUT2D eigenvalue weighted by Crippen LogP contribution is -2.35. The normalized spacial score (nSPS) is 20.9. The number of nitrogens with zero attached hydrogens (tertiary/aromatic N) is 1. The Morgan fingerprint density at radius 1 is 1.39 bits per heavy atom. The second kappa shape index (κ2) is 7.57. The van der Waals surface area contributed by atoms with E-state index in [1.807, 2.05) is 29.6 Å². The third kappa shape index (κ3) is 4.53. The second-order valence-electron chi connectivity index (χ2n) is 5.94. The largest absolute Gasteiger partial charge is 0.393 e. The maximum Gasteiger partial charge on any atom is 0.319 e. The van der Waals surface area contributed by atoms with Gasteiger partial charge in [-0.15, -0.1) is 11.3 Å². The molecule has 2 amide bonds. The number of hydrogen-bond donors (Lipinski definition) is 3. The summed E-state index contributed by atoms with van der Waals surface area (Å²) in [6, 6.07) is 7.46. The Balaban J connectivity index is 1.52. The van der Waals surface area contributed by atoms with Crippen LogP contribution < -0.4 is 10.6 Å². The summed E-state index contributed by atoms with van der Waals surface area (Å²) in [7, 11) is 0.